The first-order valence-corrected chi connectivity index (χ1v) is 7.59. The molecule has 1 saturated carbocycles. The smallest absolute Gasteiger partial charge is 0.0575 e. The van der Waals surface area contributed by atoms with Gasteiger partial charge in [0.2, 0.25) is 0 Å². The minimum atomic E-state index is 0.566. The molecule has 0 aliphatic heterocycles. The van der Waals surface area contributed by atoms with E-state index < -0.39 is 0 Å². The van der Waals surface area contributed by atoms with Gasteiger partial charge >= 0.3 is 0 Å². The van der Waals surface area contributed by atoms with Crippen molar-refractivity contribution in [2.75, 3.05) is 13.2 Å². The number of ether oxygens (including phenoxy) is 1. The van der Waals surface area contributed by atoms with Gasteiger partial charge in [0.15, 0.2) is 0 Å². The van der Waals surface area contributed by atoms with Crippen molar-refractivity contribution in [2.24, 2.45) is 5.92 Å². The van der Waals surface area contributed by atoms with Crippen LogP contribution in [0.25, 0.3) is 0 Å². The van der Waals surface area contributed by atoms with E-state index in [1.54, 1.807) is 0 Å². The Hall–Kier alpha value is -0.0800. The maximum absolute atomic E-state index is 5.92. The summed E-state index contributed by atoms with van der Waals surface area (Å²) in [6.07, 6.45) is 9.67. The molecule has 1 atom stereocenters. The quantitative estimate of drug-likeness (QED) is 0.653. The van der Waals surface area contributed by atoms with Crippen molar-refractivity contribution in [3.05, 3.63) is 0 Å². The Balaban J connectivity index is 1.96. The van der Waals surface area contributed by atoms with Gasteiger partial charge in [-0.2, -0.15) is 0 Å². The number of hydrogen-bond donors (Lipinski definition) is 1. The van der Waals surface area contributed by atoms with Gasteiger partial charge in [0, 0.05) is 12.6 Å². The molecule has 0 aromatic rings. The highest BCUT2D eigenvalue weighted by Crippen LogP contribution is 2.20. The van der Waals surface area contributed by atoms with E-state index in [2.05, 4.69) is 26.1 Å². The molecule has 1 aliphatic rings. The van der Waals surface area contributed by atoms with Gasteiger partial charge in [-0.1, -0.05) is 40.0 Å². The summed E-state index contributed by atoms with van der Waals surface area (Å²) < 4.78 is 5.92. The zero-order chi connectivity index (χ0) is 12.5. The fourth-order valence-corrected chi connectivity index (χ4v) is 2.69. The van der Waals surface area contributed by atoms with Crippen molar-refractivity contribution >= 4 is 0 Å². The fraction of sp³-hybridized carbons (Fsp3) is 1.00. The first-order valence-electron chi connectivity index (χ1n) is 7.59. The van der Waals surface area contributed by atoms with Gasteiger partial charge in [-0.25, -0.2) is 0 Å². The van der Waals surface area contributed by atoms with Crippen molar-refractivity contribution in [3.8, 4) is 0 Å². The van der Waals surface area contributed by atoms with Crippen LogP contribution in [0, 0.1) is 5.92 Å². The third-order valence-corrected chi connectivity index (χ3v) is 3.88. The lowest BCUT2D eigenvalue weighted by Gasteiger charge is -2.23. The first-order chi connectivity index (χ1) is 8.24. The van der Waals surface area contributed by atoms with E-state index in [1.807, 2.05) is 0 Å². The Kier molecular flexibility index (Phi) is 7.87. The average Bonchev–Trinajstić information content (AvgIpc) is 2.34. The lowest BCUT2D eigenvalue weighted by atomic mass is 9.98. The number of nitrogens with one attached hydrogen (secondary N) is 1. The molecule has 1 rings (SSSR count). The summed E-state index contributed by atoms with van der Waals surface area (Å²) in [7, 11) is 0. The molecule has 0 aromatic heterocycles. The Morgan fingerprint density at radius 2 is 1.88 bits per heavy atom. The normalized spacial score (nSPS) is 19.8. The molecule has 0 aromatic carbocycles. The molecule has 1 unspecified atom stereocenters. The summed E-state index contributed by atoms with van der Waals surface area (Å²) in [6, 6.07) is 0.671. The molecule has 0 bridgehead atoms. The molecule has 1 aliphatic carbocycles. The highest BCUT2D eigenvalue weighted by atomic mass is 16.5. The van der Waals surface area contributed by atoms with Crippen LogP contribution in [0.5, 0.6) is 0 Å². The Morgan fingerprint density at radius 1 is 1.18 bits per heavy atom. The van der Waals surface area contributed by atoms with Gasteiger partial charge in [0.05, 0.1) is 6.10 Å². The summed E-state index contributed by atoms with van der Waals surface area (Å²) in [5.74, 6) is 0.735. The third kappa shape index (κ3) is 6.42. The largest absolute Gasteiger partial charge is 0.378 e. The van der Waals surface area contributed by atoms with E-state index in [9.17, 15) is 0 Å². The van der Waals surface area contributed by atoms with Gasteiger partial charge in [0.1, 0.15) is 0 Å². The van der Waals surface area contributed by atoms with E-state index in [-0.39, 0.29) is 0 Å². The Bertz CT molecular complexity index is 176. The Morgan fingerprint density at radius 3 is 2.47 bits per heavy atom. The van der Waals surface area contributed by atoms with Crippen molar-refractivity contribution in [3.63, 3.8) is 0 Å². The van der Waals surface area contributed by atoms with Gasteiger partial charge < -0.3 is 10.1 Å². The summed E-state index contributed by atoms with van der Waals surface area (Å²) in [6.45, 7) is 8.88. The molecule has 2 heteroatoms. The van der Waals surface area contributed by atoms with E-state index in [4.69, 9.17) is 4.74 Å². The molecular formula is C15H31NO. The van der Waals surface area contributed by atoms with Crippen LogP contribution in [0.4, 0.5) is 0 Å². The number of rotatable bonds is 8. The first kappa shape index (κ1) is 15.0. The lowest BCUT2D eigenvalue weighted by Crippen LogP contribution is -2.34. The van der Waals surface area contributed by atoms with Crippen LogP contribution in [0.15, 0.2) is 0 Å². The molecule has 0 saturated heterocycles. The number of hydrogen-bond acceptors (Lipinski definition) is 2. The van der Waals surface area contributed by atoms with E-state index >= 15 is 0 Å². The van der Waals surface area contributed by atoms with E-state index in [0.717, 1.165) is 25.5 Å². The minimum Gasteiger partial charge on any atom is -0.378 e. The summed E-state index contributed by atoms with van der Waals surface area (Å²) in [5.41, 5.74) is 0. The molecule has 1 N–H and O–H groups in total. The van der Waals surface area contributed by atoms with Gasteiger partial charge in [-0.3, -0.25) is 0 Å². The minimum absolute atomic E-state index is 0.566. The highest BCUT2D eigenvalue weighted by molar-refractivity contribution is 4.68. The SMILES string of the molecule is CCC(NCCCOC1CCCCC1)C(C)C. The summed E-state index contributed by atoms with van der Waals surface area (Å²) in [4.78, 5) is 0. The van der Waals surface area contributed by atoms with Crippen LogP contribution in [0.2, 0.25) is 0 Å². The highest BCUT2D eigenvalue weighted by Gasteiger charge is 2.13. The van der Waals surface area contributed by atoms with Crippen LogP contribution < -0.4 is 5.32 Å². The van der Waals surface area contributed by atoms with Crippen molar-refractivity contribution in [1.82, 2.24) is 5.32 Å². The molecule has 0 amide bonds. The van der Waals surface area contributed by atoms with Gasteiger partial charge in [-0.05, 0) is 38.1 Å². The molecular weight excluding hydrogens is 210 g/mol. The maximum Gasteiger partial charge on any atom is 0.0575 e. The molecule has 102 valence electrons. The standard InChI is InChI=1S/C15H31NO/c1-4-15(13(2)3)16-11-8-12-17-14-9-6-5-7-10-14/h13-16H,4-12H2,1-3H3. The molecule has 17 heavy (non-hydrogen) atoms. The second-order valence-corrected chi connectivity index (χ2v) is 5.70. The van der Waals surface area contributed by atoms with Crippen molar-refractivity contribution in [2.45, 2.75) is 77.9 Å². The fourth-order valence-electron chi connectivity index (χ4n) is 2.69. The molecule has 0 heterocycles. The van der Waals surface area contributed by atoms with Gasteiger partial charge in [-0.15, -0.1) is 0 Å². The maximum atomic E-state index is 5.92. The van der Waals surface area contributed by atoms with Crippen molar-refractivity contribution in [1.29, 1.82) is 0 Å². The second kappa shape index (κ2) is 8.93. The third-order valence-electron chi connectivity index (χ3n) is 3.88. The average molecular weight is 241 g/mol. The van der Waals surface area contributed by atoms with Crippen LogP contribution >= 0.6 is 0 Å². The van der Waals surface area contributed by atoms with Crippen LogP contribution in [-0.4, -0.2) is 25.3 Å². The lowest BCUT2D eigenvalue weighted by molar-refractivity contribution is 0.0269. The molecule has 2 nitrogen and oxygen atoms in total. The van der Waals surface area contributed by atoms with E-state index in [0.29, 0.717) is 12.1 Å². The predicted octanol–water partition coefficient (Wildman–Crippen LogP) is 3.75. The molecule has 1 fully saturated rings. The predicted molar refractivity (Wildman–Crippen MR) is 74.4 cm³/mol. The molecule has 0 radical (unpaired) electrons. The summed E-state index contributed by atoms with van der Waals surface area (Å²) in [5, 5.41) is 3.63. The van der Waals surface area contributed by atoms with Crippen LogP contribution in [0.1, 0.15) is 65.7 Å². The van der Waals surface area contributed by atoms with Crippen LogP contribution in [-0.2, 0) is 4.74 Å². The Labute approximate surface area is 108 Å². The summed E-state index contributed by atoms with van der Waals surface area (Å²) >= 11 is 0. The second-order valence-electron chi connectivity index (χ2n) is 5.70. The zero-order valence-corrected chi connectivity index (χ0v) is 12.0. The topological polar surface area (TPSA) is 21.3 Å². The van der Waals surface area contributed by atoms with Crippen LogP contribution in [0.3, 0.4) is 0 Å². The van der Waals surface area contributed by atoms with Crippen molar-refractivity contribution < 1.29 is 4.74 Å². The van der Waals surface area contributed by atoms with Gasteiger partial charge in [0.25, 0.3) is 0 Å². The molecule has 0 spiro atoms. The van der Waals surface area contributed by atoms with E-state index in [1.165, 1.54) is 38.5 Å². The zero-order valence-electron chi connectivity index (χ0n) is 12.0. The monoisotopic (exact) mass is 241 g/mol.